The Labute approximate surface area is 103 Å². The molecule has 0 saturated carbocycles. The van der Waals surface area contributed by atoms with Gasteiger partial charge in [0.15, 0.2) is 0 Å². The van der Waals surface area contributed by atoms with Crippen LogP contribution in [0.15, 0.2) is 18.2 Å². The molecule has 1 aromatic carbocycles. The summed E-state index contributed by atoms with van der Waals surface area (Å²) in [5, 5.41) is 0. The van der Waals surface area contributed by atoms with Gasteiger partial charge in [-0.15, -0.1) is 0 Å². The van der Waals surface area contributed by atoms with Crippen LogP contribution in [0.2, 0.25) is 0 Å². The summed E-state index contributed by atoms with van der Waals surface area (Å²) >= 11 is 0. The molecule has 92 valence electrons. The third-order valence-corrected chi connectivity index (χ3v) is 3.55. The van der Waals surface area contributed by atoms with E-state index in [9.17, 15) is 0 Å². The number of ether oxygens (including phenoxy) is 1. The van der Waals surface area contributed by atoms with Crippen LogP contribution < -0.4 is 10.5 Å². The Hall–Kier alpha value is -1.06. The molecule has 1 aromatic rings. The van der Waals surface area contributed by atoms with Gasteiger partial charge in [-0.1, -0.05) is 18.2 Å². The van der Waals surface area contributed by atoms with E-state index in [0.29, 0.717) is 6.04 Å². The molecule has 3 rings (SSSR count). The Morgan fingerprint density at radius 3 is 2.88 bits per heavy atom. The minimum absolute atomic E-state index is 0.0518. The van der Waals surface area contributed by atoms with Gasteiger partial charge in [-0.25, -0.2) is 0 Å². The van der Waals surface area contributed by atoms with Crippen molar-refractivity contribution >= 4 is 0 Å². The highest BCUT2D eigenvalue weighted by Gasteiger charge is 2.32. The van der Waals surface area contributed by atoms with Crippen molar-refractivity contribution in [1.29, 1.82) is 0 Å². The molecule has 1 fully saturated rings. The molecular weight excluding hydrogens is 212 g/mol. The smallest absolute Gasteiger partial charge is 0.127 e. The normalized spacial score (nSPS) is 23.0. The molecule has 0 unspecified atom stereocenters. The zero-order valence-electron chi connectivity index (χ0n) is 10.6. The lowest BCUT2D eigenvalue weighted by Gasteiger charge is -2.37. The summed E-state index contributed by atoms with van der Waals surface area (Å²) in [6.45, 7) is 7.28. The van der Waals surface area contributed by atoms with Gasteiger partial charge in [0.2, 0.25) is 0 Å². The maximum atomic E-state index is 6.06. The lowest BCUT2D eigenvalue weighted by Crippen LogP contribution is -2.54. The predicted octanol–water partition coefficient (Wildman–Crippen LogP) is 1.54. The third kappa shape index (κ3) is 2.05. The number of para-hydroxylation sites is 1. The molecule has 2 heterocycles. The molecule has 0 radical (unpaired) electrons. The van der Waals surface area contributed by atoms with Gasteiger partial charge in [0.1, 0.15) is 11.4 Å². The molecular formula is C14H20N2O. The summed E-state index contributed by atoms with van der Waals surface area (Å²) in [5.41, 5.74) is 8.40. The Balaban J connectivity index is 1.80. The van der Waals surface area contributed by atoms with Gasteiger partial charge in [-0.2, -0.15) is 0 Å². The molecule has 0 aromatic heterocycles. The van der Waals surface area contributed by atoms with E-state index in [2.05, 4.69) is 36.9 Å². The predicted molar refractivity (Wildman–Crippen MR) is 68.1 cm³/mol. The minimum Gasteiger partial charge on any atom is -0.487 e. The molecule has 0 atom stereocenters. The van der Waals surface area contributed by atoms with Crippen LogP contribution in [0.3, 0.4) is 0 Å². The number of nitrogens with two attached hydrogens (primary N) is 1. The molecule has 0 aliphatic carbocycles. The van der Waals surface area contributed by atoms with Crippen molar-refractivity contribution in [2.75, 3.05) is 13.1 Å². The largest absolute Gasteiger partial charge is 0.487 e. The quantitative estimate of drug-likeness (QED) is 0.840. The average Bonchev–Trinajstić information content (AvgIpc) is 2.51. The highest BCUT2D eigenvalue weighted by molar-refractivity contribution is 5.45. The number of likely N-dealkylation sites (tertiary alicyclic amines) is 1. The van der Waals surface area contributed by atoms with Crippen molar-refractivity contribution in [2.45, 2.75) is 38.5 Å². The van der Waals surface area contributed by atoms with Crippen molar-refractivity contribution in [3.63, 3.8) is 0 Å². The van der Waals surface area contributed by atoms with E-state index in [-0.39, 0.29) is 5.60 Å². The molecule has 1 saturated heterocycles. The van der Waals surface area contributed by atoms with E-state index in [1.165, 1.54) is 11.1 Å². The summed E-state index contributed by atoms with van der Waals surface area (Å²) in [6.07, 6.45) is 1.01. The number of hydrogen-bond donors (Lipinski definition) is 1. The number of hydrogen-bond acceptors (Lipinski definition) is 3. The van der Waals surface area contributed by atoms with Crippen molar-refractivity contribution in [3.05, 3.63) is 29.3 Å². The Morgan fingerprint density at radius 1 is 1.41 bits per heavy atom. The highest BCUT2D eigenvalue weighted by Crippen LogP contribution is 2.38. The van der Waals surface area contributed by atoms with E-state index in [1.54, 1.807) is 0 Å². The van der Waals surface area contributed by atoms with E-state index < -0.39 is 0 Å². The number of fused-ring (bicyclic) bond motifs is 1. The molecule has 2 aliphatic rings. The first-order valence-electron chi connectivity index (χ1n) is 6.31. The van der Waals surface area contributed by atoms with E-state index in [0.717, 1.165) is 31.8 Å². The summed E-state index contributed by atoms with van der Waals surface area (Å²) in [5.74, 6) is 1.11. The minimum atomic E-state index is -0.0518. The van der Waals surface area contributed by atoms with E-state index >= 15 is 0 Å². The summed E-state index contributed by atoms with van der Waals surface area (Å²) in [6, 6.07) is 6.85. The zero-order valence-corrected chi connectivity index (χ0v) is 10.6. The summed E-state index contributed by atoms with van der Waals surface area (Å²) in [4.78, 5) is 2.37. The van der Waals surface area contributed by atoms with Gasteiger partial charge < -0.3 is 10.5 Å². The fourth-order valence-corrected chi connectivity index (χ4v) is 2.78. The number of nitrogens with zero attached hydrogens (tertiary/aromatic N) is 1. The fourth-order valence-electron chi connectivity index (χ4n) is 2.78. The number of rotatable bonds is 2. The first-order valence-corrected chi connectivity index (χ1v) is 6.31. The van der Waals surface area contributed by atoms with Gasteiger partial charge in [0.05, 0.1) is 0 Å². The summed E-state index contributed by atoms with van der Waals surface area (Å²) in [7, 11) is 0. The van der Waals surface area contributed by atoms with Crippen LogP contribution in [0, 0.1) is 0 Å². The Bertz CT molecular complexity index is 436. The molecule has 2 N–H and O–H groups in total. The van der Waals surface area contributed by atoms with E-state index in [1.807, 2.05) is 0 Å². The first kappa shape index (κ1) is 11.1. The van der Waals surface area contributed by atoms with Crippen LogP contribution in [-0.4, -0.2) is 29.6 Å². The zero-order chi connectivity index (χ0) is 12.0. The van der Waals surface area contributed by atoms with Crippen LogP contribution in [-0.2, 0) is 13.0 Å². The topological polar surface area (TPSA) is 38.5 Å². The van der Waals surface area contributed by atoms with Crippen LogP contribution in [0.4, 0.5) is 0 Å². The lowest BCUT2D eigenvalue weighted by molar-refractivity contribution is 0.124. The third-order valence-electron chi connectivity index (χ3n) is 3.55. The second-order valence-electron chi connectivity index (χ2n) is 5.90. The maximum absolute atomic E-state index is 6.06. The van der Waals surface area contributed by atoms with Gasteiger partial charge in [-0.3, -0.25) is 4.90 Å². The highest BCUT2D eigenvalue weighted by atomic mass is 16.5. The molecule has 2 aliphatic heterocycles. The van der Waals surface area contributed by atoms with Crippen LogP contribution >= 0.6 is 0 Å². The van der Waals surface area contributed by atoms with Crippen molar-refractivity contribution in [3.8, 4) is 5.75 Å². The van der Waals surface area contributed by atoms with Crippen molar-refractivity contribution in [1.82, 2.24) is 4.90 Å². The monoisotopic (exact) mass is 232 g/mol. The molecule has 17 heavy (non-hydrogen) atoms. The second-order valence-corrected chi connectivity index (χ2v) is 5.90. The molecule has 3 heteroatoms. The van der Waals surface area contributed by atoms with Gasteiger partial charge in [-0.05, 0) is 19.4 Å². The van der Waals surface area contributed by atoms with Crippen molar-refractivity contribution < 1.29 is 4.74 Å². The van der Waals surface area contributed by atoms with Crippen LogP contribution in [0.25, 0.3) is 0 Å². The Kier molecular flexibility index (Phi) is 2.42. The number of benzene rings is 1. The lowest BCUT2D eigenvalue weighted by atomic mass is 10.00. The average molecular weight is 232 g/mol. The van der Waals surface area contributed by atoms with Gasteiger partial charge in [0.25, 0.3) is 0 Å². The molecule has 0 amide bonds. The van der Waals surface area contributed by atoms with E-state index in [4.69, 9.17) is 10.5 Å². The standard InChI is InChI=1S/C14H20N2O/c1-14(2)6-10-4-3-5-11(13(10)17-14)7-16-8-12(15)9-16/h3-5,12H,6-9,15H2,1-2H3. The molecule has 0 bridgehead atoms. The second kappa shape index (κ2) is 3.72. The Morgan fingerprint density at radius 2 is 2.18 bits per heavy atom. The molecule has 3 nitrogen and oxygen atoms in total. The van der Waals surface area contributed by atoms with Crippen molar-refractivity contribution in [2.24, 2.45) is 5.73 Å². The molecule has 0 spiro atoms. The van der Waals surface area contributed by atoms with Gasteiger partial charge >= 0.3 is 0 Å². The SMILES string of the molecule is CC1(C)Cc2cccc(CN3CC(N)C3)c2O1. The van der Waals surface area contributed by atoms with Crippen LogP contribution in [0.1, 0.15) is 25.0 Å². The van der Waals surface area contributed by atoms with Crippen LogP contribution in [0.5, 0.6) is 5.75 Å². The van der Waals surface area contributed by atoms with Gasteiger partial charge in [0, 0.05) is 37.7 Å². The maximum Gasteiger partial charge on any atom is 0.127 e. The summed E-state index contributed by atoms with van der Waals surface area (Å²) < 4.78 is 6.06. The fraction of sp³-hybridized carbons (Fsp3) is 0.571. The first-order chi connectivity index (χ1) is 8.03.